The van der Waals surface area contributed by atoms with Gasteiger partial charge in [0.1, 0.15) is 5.60 Å². The summed E-state index contributed by atoms with van der Waals surface area (Å²) in [7, 11) is 0. The normalized spacial score (nSPS) is 25.3. The maximum absolute atomic E-state index is 12.5. The van der Waals surface area contributed by atoms with Gasteiger partial charge in [-0.3, -0.25) is 4.79 Å². The molecular weight excluding hydrogens is 282 g/mol. The van der Waals surface area contributed by atoms with Gasteiger partial charge in [-0.2, -0.15) is 0 Å². The second kappa shape index (κ2) is 4.87. The number of ether oxygens (including phenoxy) is 1. The average molecular weight is 301 g/mol. The van der Waals surface area contributed by atoms with Crippen LogP contribution in [0.25, 0.3) is 0 Å². The number of rotatable bonds is 0. The zero-order valence-electron chi connectivity index (χ0n) is 12.9. The monoisotopic (exact) mass is 301 g/mol. The number of hydrogen-bond donors (Lipinski definition) is 1. The molecule has 22 heavy (non-hydrogen) atoms. The smallest absolute Gasteiger partial charge is 0.417 e. The minimum atomic E-state index is -0.684. The Morgan fingerprint density at radius 2 is 2.05 bits per heavy atom. The molecule has 5 heteroatoms. The van der Waals surface area contributed by atoms with Gasteiger partial charge in [0, 0.05) is 5.92 Å². The molecule has 2 amide bonds. The molecule has 0 aromatic heterocycles. The van der Waals surface area contributed by atoms with E-state index in [1.807, 2.05) is 24.3 Å². The molecule has 1 saturated heterocycles. The maximum Gasteiger partial charge on any atom is 0.417 e. The van der Waals surface area contributed by atoms with Gasteiger partial charge in [-0.05, 0) is 38.3 Å². The number of likely N-dealkylation sites (tertiary alicyclic amines) is 1. The van der Waals surface area contributed by atoms with Gasteiger partial charge in [0.15, 0.2) is 0 Å². The number of imide groups is 1. The van der Waals surface area contributed by atoms with Gasteiger partial charge in [-0.15, -0.1) is 0 Å². The Bertz CT molecular complexity index is 671. The first-order chi connectivity index (χ1) is 10.3. The van der Waals surface area contributed by atoms with Crippen molar-refractivity contribution in [3.63, 3.8) is 0 Å². The first-order valence-corrected chi connectivity index (χ1v) is 7.32. The molecule has 1 aromatic rings. The standard InChI is InChI=1S/C17H19NO4/c1-17(2,3)22-16(21)18-14-11-7-5-4-6-10(11)8-12(14)13(9-19)15(18)20/h4-7,9,12,14,19H,8H2,1-3H3/b13-9+. The lowest BCUT2D eigenvalue weighted by atomic mass is 9.97. The Labute approximate surface area is 129 Å². The van der Waals surface area contributed by atoms with Crippen LogP contribution in [0, 0.1) is 5.92 Å². The van der Waals surface area contributed by atoms with Crippen molar-refractivity contribution in [1.82, 2.24) is 4.90 Å². The molecule has 1 fully saturated rings. The Balaban J connectivity index is 2.02. The van der Waals surface area contributed by atoms with Crippen LogP contribution in [0.5, 0.6) is 0 Å². The average Bonchev–Trinajstić information content (AvgIpc) is 2.89. The fraction of sp³-hybridized carbons (Fsp3) is 0.412. The third-order valence-electron chi connectivity index (χ3n) is 4.07. The minimum Gasteiger partial charge on any atom is -0.515 e. The number of benzene rings is 1. The van der Waals surface area contributed by atoms with Crippen molar-refractivity contribution in [2.24, 2.45) is 5.92 Å². The molecule has 3 rings (SSSR count). The quantitative estimate of drug-likeness (QED) is 0.590. The van der Waals surface area contributed by atoms with Crippen molar-refractivity contribution in [1.29, 1.82) is 0 Å². The van der Waals surface area contributed by atoms with E-state index in [-0.39, 0.29) is 11.5 Å². The third kappa shape index (κ3) is 2.17. The first-order valence-electron chi connectivity index (χ1n) is 7.32. The molecular formula is C17H19NO4. The Hall–Kier alpha value is -2.30. The van der Waals surface area contributed by atoms with Crippen LogP contribution in [0.15, 0.2) is 36.1 Å². The summed E-state index contributed by atoms with van der Waals surface area (Å²) in [6, 6.07) is 7.34. The summed E-state index contributed by atoms with van der Waals surface area (Å²) in [6.45, 7) is 5.27. The summed E-state index contributed by atoms with van der Waals surface area (Å²) in [6.07, 6.45) is 0.801. The molecule has 1 aromatic carbocycles. The van der Waals surface area contributed by atoms with Crippen LogP contribution in [-0.4, -0.2) is 27.6 Å². The summed E-state index contributed by atoms with van der Waals surface area (Å²) >= 11 is 0. The fourth-order valence-corrected chi connectivity index (χ4v) is 3.26. The lowest BCUT2D eigenvalue weighted by Gasteiger charge is -2.27. The highest BCUT2D eigenvalue weighted by molar-refractivity contribution is 6.06. The molecule has 0 bridgehead atoms. The molecule has 2 aliphatic rings. The van der Waals surface area contributed by atoms with Gasteiger partial charge in [0.05, 0.1) is 17.9 Å². The van der Waals surface area contributed by atoms with E-state index in [9.17, 15) is 14.7 Å². The molecule has 116 valence electrons. The van der Waals surface area contributed by atoms with Crippen molar-refractivity contribution >= 4 is 12.0 Å². The van der Waals surface area contributed by atoms with Crippen molar-refractivity contribution in [3.8, 4) is 0 Å². The highest BCUT2D eigenvalue weighted by Crippen LogP contribution is 2.49. The zero-order valence-corrected chi connectivity index (χ0v) is 12.9. The summed E-state index contributed by atoms with van der Waals surface area (Å²) in [4.78, 5) is 26.1. The number of fused-ring (bicyclic) bond motifs is 3. The maximum atomic E-state index is 12.5. The molecule has 0 radical (unpaired) electrons. The SMILES string of the molecule is CC(C)(C)OC(=O)N1C(=O)/C(=C/O)C2Cc3ccccc3C21. The highest BCUT2D eigenvalue weighted by atomic mass is 16.6. The summed E-state index contributed by atoms with van der Waals surface area (Å²) in [5, 5.41) is 9.43. The van der Waals surface area contributed by atoms with E-state index >= 15 is 0 Å². The third-order valence-corrected chi connectivity index (χ3v) is 4.07. The number of aliphatic hydroxyl groups excluding tert-OH is 1. The van der Waals surface area contributed by atoms with Gasteiger partial charge in [-0.1, -0.05) is 24.3 Å². The zero-order chi connectivity index (χ0) is 16.1. The molecule has 0 saturated carbocycles. The van der Waals surface area contributed by atoms with Crippen LogP contribution >= 0.6 is 0 Å². The van der Waals surface area contributed by atoms with Crippen LogP contribution in [0.3, 0.4) is 0 Å². The molecule has 2 atom stereocenters. The molecule has 1 heterocycles. The van der Waals surface area contributed by atoms with Crippen LogP contribution in [0.4, 0.5) is 4.79 Å². The number of nitrogens with zero attached hydrogens (tertiary/aromatic N) is 1. The van der Waals surface area contributed by atoms with E-state index in [4.69, 9.17) is 4.74 Å². The Morgan fingerprint density at radius 1 is 1.36 bits per heavy atom. The predicted octanol–water partition coefficient (Wildman–Crippen LogP) is 3.12. The van der Waals surface area contributed by atoms with Crippen LogP contribution < -0.4 is 0 Å². The van der Waals surface area contributed by atoms with Crippen LogP contribution in [0.2, 0.25) is 0 Å². The molecule has 5 nitrogen and oxygen atoms in total. The molecule has 1 aliphatic carbocycles. The lowest BCUT2D eigenvalue weighted by molar-refractivity contribution is -0.125. The van der Waals surface area contributed by atoms with E-state index in [0.717, 1.165) is 22.3 Å². The van der Waals surface area contributed by atoms with Gasteiger partial charge in [0.25, 0.3) is 5.91 Å². The van der Waals surface area contributed by atoms with E-state index in [1.54, 1.807) is 20.8 Å². The minimum absolute atomic E-state index is 0.206. The highest BCUT2D eigenvalue weighted by Gasteiger charge is 2.52. The fourth-order valence-electron chi connectivity index (χ4n) is 3.26. The van der Waals surface area contributed by atoms with Gasteiger partial charge >= 0.3 is 6.09 Å². The number of hydrogen-bond acceptors (Lipinski definition) is 4. The number of amides is 2. The van der Waals surface area contributed by atoms with Gasteiger partial charge in [-0.25, -0.2) is 9.69 Å². The van der Waals surface area contributed by atoms with E-state index in [2.05, 4.69) is 0 Å². The van der Waals surface area contributed by atoms with E-state index in [0.29, 0.717) is 6.42 Å². The van der Waals surface area contributed by atoms with Crippen LogP contribution in [-0.2, 0) is 16.0 Å². The van der Waals surface area contributed by atoms with Crippen LogP contribution in [0.1, 0.15) is 37.9 Å². The van der Waals surface area contributed by atoms with Crippen molar-refractivity contribution in [3.05, 3.63) is 47.2 Å². The Morgan fingerprint density at radius 3 is 2.68 bits per heavy atom. The second-order valence-corrected chi connectivity index (χ2v) is 6.69. The largest absolute Gasteiger partial charge is 0.515 e. The summed E-state index contributed by atoms with van der Waals surface area (Å²) in [5.74, 6) is -0.677. The predicted molar refractivity (Wildman–Crippen MR) is 80.2 cm³/mol. The topological polar surface area (TPSA) is 66.8 Å². The van der Waals surface area contributed by atoms with E-state index in [1.165, 1.54) is 0 Å². The van der Waals surface area contributed by atoms with Gasteiger partial charge < -0.3 is 9.84 Å². The molecule has 2 unspecified atom stereocenters. The van der Waals surface area contributed by atoms with Crippen molar-refractivity contribution in [2.45, 2.75) is 38.8 Å². The number of carbonyl (C=O) groups is 2. The Kier molecular flexibility index (Phi) is 3.24. The molecule has 0 spiro atoms. The lowest BCUT2D eigenvalue weighted by Crippen LogP contribution is -2.39. The number of aliphatic hydroxyl groups is 1. The van der Waals surface area contributed by atoms with E-state index < -0.39 is 23.6 Å². The second-order valence-electron chi connectivity index (χ2n) is 6.69. The van der Waals surface area contributed by atoms with Crippen molar-refractivity contribution in [2.75, 3.05) is 0 Å². The molecule has 1 aliphatic heterocycles. The molecule has 1 N–H and O–H groups in total. The van der Waals surface area contributed by atoms with Crippen molar-refractivity contribution < 1.29 is 19.4 Å². The summed E-state index contributed by atoms with van der Waals surface area (Å²) in [5.41, 5.74) is 1.63. The first kappa shape index (κ1) is 14.6. The summed E-state index contributed by atoms with van der Waals surface area (Å²) < 4.78 is 5.37. The van der Waals surface area contributed by atoms with Gasteiger partial charge in [0.2, 0.25) is 0 Å². The number of carbonyl (C=O) groups excluding carboxylic acids is 2.